The molecule has 11 heteroatoms. The minimum Gasteiger partial charge on any atom is -0.488 e. The van der Waals surface area contributed by atoms with E-state index in [-0.39, 0.29) is 24.4 Å². The highest BCUT2D eigenvalue weighted by molar-refractivity contribution is 5.87. The van der Waals surface area contributed by atoms with Gasteiger partial charge in [0, 0.05) is 58.0 Å². The summed E-state index contributed by atoms with van der Waals surface area (Å²) >= 11 is 0. The summed E-state index contributed by atoms with van der Waals surface area (Å²) in [6.45, 7) is 19.1. The van der Waals surface area contributed by atoms with Crippen molar-refractivity contribution in [3.63, 3.8) is 0 Å². The van der Waals surface area contributed by atoms with Crippen LogP contribution in [-0.4, -0.2) is 109 Å². The first kappa shape index (κ1) is 35.0. The third-order valence-electron chi connectivity index (χ3n) is 8.62. The molecule has 2 aliphatic heterocycles. The van der Waals surface area contributed by atoms with Gasteiger partial charge in [-0.25, -0.2) is 9.37 Å². The van der Waals surface area contributed by atoms with E-state index in [9.17, 15) is 4.79 Å². The number of aromatic nitrogens is 1. The molecule has 250 valence electrons. The molecule has 1 aromatic carbocycles. The SMILES string of the molecule is CCOC(CN(Cc1nc(N2CC(N3CCN(C)[C@H](C)C3)C2)ccc1F)C(=O)[C@@](C)(N)c1ccc(OC(C)(C)C)cc1)OCC. The lowest BCUT2D eigenvalue weighted by molar-refractivity contribution is -0.163. The van der Waals surface area contributed by atoms with Crippen LogP contribution in [0.3, 0.4) is 0 Å². The van der Waals surface area contributed by atoms with Gasteiger partial charge in [0.05, 0.1) is 18.8 Å². The van der Waals surface area contributed by atoms with Gasteiger partial charge in [0.15, 0.2) is 6.29 Å². The summed E-state index contributed by atoms with van der Waals surface area (Å²) < 4.78 is 32.8. The topological polar surface area (TPSA) is 96.6 Å². The first-order valence-corrected chi connectivity index (χ1v) is 16.2. The Morgan fingerprint density at radius 2 is 1.69 bits per heavy atom. The Bertz CT molecular complexity index is 1260. The van der Waals surface area contributed by atoms with E-state index < -0.39 is 23.6 Å². The highest BCUT2D eigenvalue weighted by Gasteiger charge is 2.38. The van der Waals surface area contributed by atoms with Crippen molar-refractivity contribution in [1.29, 1.82) is 0 Å². The molecular formula is C34H53FN6O4. The molecule has 2 aliphatic rings. The van der Waals surface area contributed by atoms with E-state index >= 15 is 4.39 Å². The first-order valence-electron chi connectivity index (χ1n) is 16.2. The third-order valence-corrected chi connectivity index (χ3v) is 8.62. The number of piperazine rings is 1. The number of carbonyl (C=O) groups is 1. The smallest absolute Gasteiger partial charge is 0.247 e. The Labute approximate surface area is 268 Å². The summed E-state index contributed by atoms with van der Waals surface area (Å²) in [6, 6.07) is 11.3. The number of anilines is 1. The van der Waals surface area contributed by atoms with Crippen LogP contribution in [0.25, 0.3) is 0 Å². The average molecular weight is 629 g/mol. The summed E-state index contributed by atoms with van der Waals surface area (Å²) in [5, 5.41) is 0. The van der Waals surface area contributed by atoms with Crippen molar-refractivity contribution >= 4 is 11.7 Å². The second kappa shape index (κ2) is 14.7. The number of amides is 1. The van der Waals surface area contributed by atoms with Crippen molar-refractivity contribution in [1.82, 2.24) is 19.7 Å². The Kier molecular flexibility index (Phi) is 11.5. The van der Waals surface area contributed by atoms with E-state index in [0.29, 0.717) is 42.4 Å². The maximum Gasteiger partial charge on any atom is 0.247 e. The normalized spacial score (nSPS) is 19.8. The van der Waals surface area contributed by atoms with Crippen LogP contribution in [0, 0.1) is 5.82 Å². The van der Waals surface area contributed by atoms with Crippen LogP contribution in [0.2, 0.25) is 0 Å². The van der Waals surface area contributed by atoms with Gasteiger partial charge in [-0.1, -0.05) is 12.1 Å². The van der Waals surface area contributed by atoms with Gasteiger partial charge < -0.3 is 34.6 Å². The lowest BCUT2D eigenvalue weighted by Gasteiger charge is -2.49. The molecule has 3 heterocycles. The van der Waals surface area contributed by atoms with E-state index in [1.54, 1.807) is 37.3 Å². The van der Waals surface area contributed by atoms with E-state index in [0.717, 1.165) is 32.7 Å². The number of nitrogens with zero attached hydrogens (tertiary/aromatic N) is 5. The molecule has 10 nitrogen and oxygen atoms in total. The number of likely N-dealkylation sites (N-methyl/N-ethyl adjacent to an activating group) is 1. The van der Waals surface area contributed by atoms with Crippen LogP contribution in [0.5, 0.6) is 5.75 Å². The monoisotopic (exact) mass is 628 g/mol. The lowest BCUT2D eigenvalue weighted by atomic mass is 9.91. The van der Waals surface area contributed by atoms with Crippen LogP contribution < -0.4 is 15.4 Å². The van der Waals surface area contributed by atoms with Gasteiger partial charge in [0.25, 0.3) is 0 Å². The minimum absolute atomic E-state index is 0.0667. The lowest BCUT2D eigenvalue weighted by Crippen LogP contribution is -2.64. The molecule has 2 aromatic rings. The number of halogens is 1. The number of carbonyl (C=O) groups excluding carboxylic acids is 1. The number of hydrogen-bond acceptors (Lipinski definition) is 9. The van der Waals surface area contributed by atoms with Gasteiger partial charge in [0.1, 0.15) is 28.5 Å². The van der Waals surface area contributed by atoms with E-state index in [2.05, 4.69) is 28.7 Å². The number of rotatable bonds is 13. The quantitative estimate of drug-likeness (QED) is 0.332. The van der Waals surface area contributed by atoms with Gasteiger partial charge in [-0.15, -0.1) is 0 Å². The Balaban J connectivity index is 1.53. The van der Waals surface area contributed by atoms with E-state index in [1.165, 1.54) is 11.0 Å². The molecule has 0 radical (unpaired) electrons. The Morgan fingerprint density at radius 1 is 1.04 bits per heavy atom. The Morgan fingerprint density at radius 3 is 2.27 bits per heavy atom. The largest absolute Gasteiger partial charge is 0.488 e. The predicted octanol–water partition coefficient (Wildman–Crippen LogP) is 3.82. The number of ether oxygens (including phenoxy) is 3. The summed E-state index contributed by atoms with van der Waals surface area (Å²) in [5.74, 6) is 0.510. The van der Waals surface area contributed by atoms with Crippen molar-refractivity contribution in [2.75, 3.05) is 64.4 Å². The van der Waals surface area contributed by atoms with Crippen molar-refractivity contribution in [2.24, 2.45) is 5.73 Å². The molecule has 1 aromatic heterocycles. The second-order valence-electron chi connectivity index (χ2n) is 13.4. The molecule has 0 aliphatic carbocycles. The molecule has 1 amide bonds. The van der Waals surface area contributed by atoms with Gasteiger partial charge in [-0.2, -0.15) is 0 Å². The average Bonchev–Trinajstić information content (AvgIpc) is 2.94. The standard InChI is InChI=1S/C34H53FN6O4/c1-9-43-31(44-10-2)23-41(32(42)34(7,36)25-11-13-27(14-12-25)45-33(4,5)6)22-29-28(35)15-16-30(37-29)40-20-26(21-40)39-18-17-38(8)24(3)19-39/h11-16,24,26,31H,9-10,17-23,36H2,1-8H3/t24-,34+/m1/s1. The zero-order chi connectivity index (χ0) is 32.9. The minimum atomic E-state index is -1.42. The van der Waals surface area contributed by atoms with E-state index in [1.807, 2.05) is 34.6 Å². The van der Waals surface area contributed by atoms with E-state index in [4.69, 9.17) is 24.9 Å². The summed E-state index contributed by atoms with van der Waals surface area (Å²) in [5.41, 5.74) is 5.75. The van der Waals surface area contributed by atoms with Crippen LogP contribution in [0.15, 0.2) is 36.4 Å². The predicted molar refractivity (Wildman–Crippen MR) is 175 cm³/mol. The fourth-order valence-corrected chi connectivity index (χ4v) is 5.82. The number of nitrogens with two attached hydrogens (primary N) is 1. The molecular weight excluding hydrogens is 575 g/mol. The Hall–Kier alpha value is -2.83. The van der Waals surface area contributed by atoms with Gasteiger partial charge >= 0.3 is 0 Å². The zero-order valence-electron chi connectivity index (χ0n) is 28.4. The third kappa shape index (κ3) is 8.92. The molecule has 4 rings (SSSR count). The van der Waals surface area contributed by atoms with Crippen LogP contribution >= 0.6 is 0 Å². The number of hydrogen-bond donors (Lipinski definition) is 1. The molecule has 0 spiro atoms. The fourth-order valence-electron chi connectivity index (χ4n) is 5.82. The molecule has 0 bridgehead atoms. The summed E-state index contributed by atoms with van der Waals surface area (Å²) in [7, 11) is 2.17. The number of benzene rings is 1. The maximum atomic E-state index is 15.3. The highest BCUT2D eigenvalue weighted by Crippen LogP contribution is 2.28. The van der Waals surface area contributed by atoms with Crippen molar-refractivity contribution in [2.45, 2.75) is 84.5 Å². The molecule has 2 atom stereocenters. The summed E-state index contributed by atoms with van der Waals surface area (Å²) in [6.07, 6.45) is -0.698. The first-order chi connectivity index (χ1) is 21.2. The molecule has 2 N–H and O–H groups in total. The molecule has 0 saturated carbocycles. The molecule has 2 saturated heterocycles. The molecule has 45 heavy (non-hydrogen) atoms. The van der Waals surface area contributed by atoms with Crippen LogP contribution in [0.1, 0.15) is 59.7 Å². The van der Waals surface area contributed by atoms with Gasteiger partial charge in [-0.05, 0) is 85.3 Å². The van der Waals surface area contributed by atoms with Crippen molar-refractivity contribution in [3.05, 3.63) is 53.5 Å². The molecule has 0 unspecified atom stereocenters. The summed E-state index contributed by atoms with van der Waals surface area (Å²) in [4.78, 5) is 27.5. The second-order valence-corrected chi connectivity index (χ2v) is 13.4. The van der Waals surface area contributed by atoms with Crippen molar-refractivity contribution in [3.8, 4) is 5.75 Å². The van der Waals surface area contributed by atoms with Crippen molar-refractivity contribution < 1.29 is 23.4 Å². The zero-order valence-corrected chi connectivity index (χ0v) is 28.4. The van der Waals surface area contributed by atoms with Crippen LogP contribution in [-0.2, 0) is 26.4 Å². The van der Waals surface area contributed by atoms with Crippen LogP contribution in [0.4, 0.5) is 10.2 Å². The molecule has 2 fully saturated rings. The van der Waals surface area contributed by atoms with Gasteiger partial charge in [-0.3, -0.25) is 9.69 Å². The highest BCUT2D eigenvalue weighted by atomic mass is 19.1. The fraction of sp³-hybridized carbons (Fsp3) is 0.647. The maximum absolute atomic E-state index is 15.3. The number of pyridine rings is 1. The van der Waals surface area contributed by atoms with Gasteiger partial charge in [0.2, 0.25) is 5.91 Å².